The van der Waals surface area contributed by atoms with E-state index in [1.807, 2.05) is 0 Å². The Kier molecular flexibility index (Phi) is 4.82. The number of fused-ring (bicyclic) bond motifs is 1. The van der Waals surface area contributed by atoms with E-state index < -0.39 is 0 Å². The summed E-state index contributed by atoms with van der Waals surface area (Å²) in [4.78, 5) is 0. The summed E-state index contributed by atoms with van der Waals surface area (Å²) < 4.78 is 1.14. The van der Waals surface area contributed by atoms with Crippen LogP contribution in [0.5, 0.6) is 0 Å². The number of halogens is 1. The third-order valence-corrected chi connectivity index (χ3v) is 4.03. The summed E-state index contributed by atoms with van der Waals surface area (Å²) in [6.07, 6.45) is 4.84. The Balaban J connectivity index is 2.16. The van der Waals surface area contributed by atoms with Gasteiger partial charge in [-0.05, 0) is 40.8 Å². The largest absolute Gasteiger partial charge is 0.0584 e. The molecule has 0 bridgehead atoms. The molecule has 0 aliphatic carbocycles. The molecule has 2 rings (SSSR count). The molecule has 1 heteroatoms. The Hall–Kier alpha value is -0.820. The summed E-state index contributed by atoms with van der Waals surface area (Å²) in [5, 5.41) is 2.64. The third-order valence-electron chi connectivity index (χ3n) is 3.53. The SMILES string of the molecule is [CH2]CCCCC(C)c1ccc2cc(Br)ccc2c1. The molecule has 95 valence electrons. The summed E-state index contributed by atoms with van der Waals surface area (Å²) in [7, 11) is 0. The lowest BCUT2D eigenvalue weighted by molar-refractivity contribution is 0.608. The number of rotatable bonds is 5. The molecule has 0 saturated heterocycles. The molecule has 0 aliphatic heterocycles. The number of hydrogen-bond acceptors (Lipinski definition) is 0. The highest BCUT2D eigenvalue weighted by Crippen LogP contribution is 2.27. The maximum absolute atomic E-state index is 3.90. The second-order valence-electron chi connectivity index (χ2n) is 5.00. The lowest BCUT2D eigenvalue weighted by atomic mass is 9.93. The van der Waals surface area contributed by atoms with Crippen molar-refractivity contribution in [2.75, 3.05) is 0 Å². The van der Waals surface area contributed by atoms with Gasteiger partial charge in [0.05, 0.1) is 0 Å². The Morgan fingerprint density at radius 1 is 1.06 bits per heavy atom. The van der Waals surface area contributed by atoms with Gasteiger partial charge in [0, 0.05) is 4.47 Å². The van der Waals surface area contributed by atoms with Gasteiger partial charge in [-0.25, -0.2) is 0 Å². The second-order valence-corrected chi connectivity index (χ2v) is 5.92. The van der Waals surface area contributed by atoms with Crippen LogP contribution in [0.1, 0.15) is 44.1 Å². The van der Waals surface area contributed by atoms with Crippen molar-refractivity contribution in [3.05, 3.63) is 53.4 Å². The molecule has 1 radical (unpaired) electrons. The average molecular weight is 304 g/mol. The van der Waals surface area contributed by atoms with Crippen LogP contribution in [-0.4, -0.2) is 0 Å². The van der Waals surface area contributed by atoms with Crippen LogP contribution in [0.3, 0.4) is 0 Å². The number of unbranched alkanes of at least 4 members (excludes halogenated alkanes) is 2. The fraction of sp³-hybridized carbons (Fsp3) is 0.353. The van der Waals surface area contributed by atoms with Crippen LogP contribution in [0.15, 0.2) is 40.9 Å². The van der Waals surface area contributed by atoms with E-state index in [1.54, 1.807) is 0 Å². The zero-order valence-electron chi connectivity index (χ0n) is 11.0. The molecule has 0 spiro atoms. The lowest BCUT2D eigenvalue weighted by Gasteiger charge is -2.12. The highest BCUT2D eigenvalue weighted by molar-refractivity contribution is 9.10. The molecule has 1 unspecified atom stereocenters. The standard InChI is InChI=1S/C17H20Br/c1-3-4-5-6-13(2)14-7-8-16-12-17(18)10-9-15(16)11-14/h7-13H,1,3-6H2,2H3. The van der Waals surface area contributed by atoms with Gasteiger partial charge in [0.2, 0.25) is 0 Å². The van der Waals surface area contributed by atoms with Gasteiger partial charge in [0.15, 0.2) is 0 Å². The fourth-order valence-electron chi connectivity index (χ4n) is 2.34. The predicted octanol–water partition coefficient (Wildman–Crippen LogP) is 6.10. The van der Waals surface area contributed by atoms with E-state index in [-0.39, 0.29) is 0 Å². The minimum Gasteiger partial charge on any atom is -0.0584 e. The third kappa shape index (κ3) is 3.35. The zero-order chi connectivity index (χ0) is 13.0. The molecule has 0 aliphatic rings. The molecule has 0 saturated carbocycles. The molecule has 0 heterocycles. The molecule has 0 nitrogen and oxygen atoms in total. The molecule has 18 heavy (non-hydrogen) atoms. The Labute approximate surface area is 119 Å². The summed E-state index contributed by atoms with van der Waals surface area (Å²) in [5.41, 5.74) is 1.45. The number of hydrogen-bond donors (Lipinski definition) is 0. The molecule has 2 aromatic carbocycles. The van der Waals surface area contributed by atoms with Gasteiger partial charge in [-0.1, -0.05) is 73.3 Å². The van der Waals surface area contributed by atoms with Crippen molar-refractivity contribution in [2.45, 2.75) is 38.5 Å². The first-order valence-corrected chi connectivity index (χ1v) is 7.48. The first-order chi connectivity index (χ1) is 8.70. The van der Waals surface area contributed by atoms with Crippen LogP contribution in [-0.2, 0) is 0 Å². The molecule has 2 aromatic rings. The smallest absolute Gasteiger partial charge is 0.0181 e. The summed E-state index contributed by atoms with van der Waals surface area (Å²) >= 11 is 3.52. The summed E-state index contributed by atoms with van der Waals surface area (Å²) in [5.74, 6) is 0.643. The van der Waals surface area contributed by atoms with E-state index in [9.17, 15) is 0 Å². The lowest BCUT2D eigenvalue weighted by Crippen LogP contribution is -1.93. The summed E-state index contributed by atoms with van der Waals surface area (Å²) in [6, 6.07) is 13.3. The minimum absolute atomic E-state index is 0.643. The van der Waals surface area contributed by atoms with Gasteiger partial charge in [0.25, 0.3) is 0 Å². The first kappa shape index (κ1) is 13.6. The van der Waals surface area contributed by atoms with Crippen LogP contribution >= 0.6 is 15.9 Å². The van der Waals surface area contributed by atoms with Gasteiger partial charge in [-0.3, -0.25) is 0 Å². The Morgan fingerprint density at radius 3 is 2.56 bits per heavy atom. The van der Waals surface area contributed by atoms with E-state index in [0.29, 0.717) is 5.92 Å². The zero-order valence-corrected chi connectivity index (χ0v) is 12.5. The van der Waals surface area contributed by atoms with E-state index in [2.05, 4.69) is 66.2 Å². The molecule has 0 fully saturated rings. The van der Waals surface area contributed by atoms with E-state index >= 15 is 0 Å². The van der Waals surface area contributed by atoms with Crippen LogP contribution in [0.4, 0.5) is 0 Å². The Morgan fingerprint density at radius 2 is 1.78 bits per heavy atom. The molecule has 0 N–H and O–H groups in total. The van der Waals surface area contributed by atoms with Crippen molar-refractivity contribution >= 4 is 26.7 Å². The van der Waals surface area contributed by atoms with E-state index in [4.69, 9.17) is 0 Å². The normalized spacial score (nSPS) is 12.8. The number of benzene rings is 2. The van der Waals surface area contributed by atoms with E-state index in [0.717, 1.165) is 10.9 Å². The molecule has 1 atom stereocenters. The summed E-state index contributed by atoms with van der Waals surface area (Å²) in [6.45, 7) is 6.22. The maximum atomic E-state index is 3.90. The van der Waals surface area contributed by atoms with Crippen molar-refractivity contribution in [3.8, 4) is 0 Å². The highest BCUT2D eigenvalue weighted by Gasteiger charge is 2.06. The molecular formula is C17H20Br. The van der Waals surface area contributed by atoms with Crippen molar-refractivity contribution in [2.24, 2.45) is 0 Å². The fourth-order valence-corrected chi connectivity index (χ4v) is 2.71. The van der Waals surface area contributed by atoms with Crippen LogP contribution < -0.4 is 0 Å². The van der Waals surface area contributed by atoms with Gasteiger partial charge in [-0.2, -0.15) is 0 Å². The van der Waals surface area contributed by atoms with Crippen molar-refractivity contribution in [3.63, 3.8) is 0 Å². The van der Waals surface area contributed by atoms with Crippen LogP contribution in [0.2, 0.25) is 0 Å². The van der Waals surface area contributed by atoms with Gasteiger partial charge < -0.3 is 0 Å². The first-order valence-electron chi connectivity index (χ1n) is 6.69. The van der Waals surface area contributed by atoms with Gasteiger partial charge >= 0.3 is 0 Å². The predicted molar refractivity (Wildman–Crippen MR) is 83.9 cm³/mol. The van der Waals surface area contributed by atoms with Crippen molar-refractivity contribution in [1.82, 2.24) is 0 Å². The second kappa shape index (κ2) is 6.38. The Bertz CT molecular complexity index is 516. The molecule has 0 amide bonds. The average Bonchev–Trinajstić information content (AvgIpc) is 2.38. The maximum Gasteiger partial charge on any atom is 0.0181 e. The van der Waals surface area contributed by atoms with Crippen LogP contribution in [0, 0.1) is 6.92 Å². The molecular weight excluding hydrogens is 284 g/mol. The van der Waals surface area contributed by atoms with Gasteiger partial charge in [-0.15, -0.1) is 0 Å². The van der Waals surface area contributed by atoms with E-state index in [1.165, 1.54) is 35.6 Å². The van der Waals surface area contributed by atoms with Crippen molar-refractivity contribution in [1.29, 1.82) is 0 Å². The van der Waals surface area contributed by atoms with Gasteiger partial charge in [0.1, 0.15) is 0 Å². The van der Waals surface area contributed by atoms with Crippen molar-refractivity contribution < 1.29 is 0 Å². The van der Waals surface area contributed by atoms with Crippen LogP contribution in [0.25, 0.3) is 10.8 Å². The molecule has 0 aromatic heterocycles. The topological polar surface area (TPSA) is 0 Å². The minimum atomic E-state index is 0.643. The monoisotopic (exact) mass is 303 g/mol. The highest BCUT2D eigenvalue weighted by atomic mass is 79.9. The quantitative estimate of drug-likeness (QED) is 0.585.